The molecule has 0 aliphatic carbocycles. The molecule has 2 rings (SSSR count). The van der Waals surface area contributed by atoms with E-state index in [1.54, 1.807) is 26.0 Å². The van der Waals surface area contributed by atoms with Gasteiger partial charge in [-0.2, -0.15) is 0 Å². The molecule has 2 aromatic rings. The minimum atomic E-state index is -3.96. The Bertz CT molecular complexity index is 831. The number of hydrogen-bond donors (Lipinski definition) is 2. The van der Waals surface area contributed by atoms with Gasteiger partial charge < -0.3 is 0 Å². The number of anilines is 1. The van der Waals surface area contributed by atoms with Crippen LogP contribution >= 0.6 is 11.6 Å². The van der Waals surface area contributed by atoms with Gasteiger partial charge in [0.15, 0.2) is 0 Å². The summed E-state index contributed by atoms with van der Waals surface area (Å²) in [4.78, 5) is 11.8. The van der Waals surface area contributed by atoms with Crippen molar-refractivity contribution in [1.82, 2.24) is 5.43 Å². The highest BCUT2D eigenvalue weighted by atomic mass is 35.5. The smallest absolute Gasteiger partial charge is 0.264 e. The molecule has 8 heteroatoms. The first kappa shape index (κ1) is 18.3. The van der Waals surface area contributed by atoms with Gasteiger partial charge in [-0.1, -0.05) is 29.8 Å². The van der Waals surface area contributed by atoms with Gasteiger partial charge in [0.05, 0.1) is 10.6 Å². The van der Waals surface area contributed by atoms with Crippen molar-refractivity contribution in [2.45, 2.75) is 18.7 Å². The maximum absolute atomic E-state index is 13.1. The minimum absolute atomic E-state index is 0.0411. The van der Waals surface area contributed by atoms with Crippen LogP contribution < -0.4 is 15.6 Å². The molecule has 6 nitrogen and oxygen atoms in total. The molecule has 0 aromatic heterocycles. The molecule has 0 saturated heterocycles. The van der Waals surface area contributed by atoms with E-state index in [9.17, 15) is 13.2 Å². The lowest BCUT2D eigenvalue weighted by Gasteiger charge is -2.27. The Morgan fingerprint density at radius 3 is 2.17 bits per heavy atom. The van der Waals surface area contributed by atoms with Crippen LogP contribution in [-0.2, 0) is 14.8 Å². The van der Waals surface area contributed by atoms with Crippen LogP contribution in [0.25, 0.3) is 0 Å². The lowest BCUT2D eigenvalue weighted by Crippen LogP contribution is -2.43. The molecule has 2 aromatic carbocycles. The predicted octanol–water partition coefficient (Wildman–Crippen LogP) is 2.14. The number of rotatable bonds is 5. The van der Waals surface area contributed by atoms with E-state index in [1.165, 1.54) is 24.3 Å². The molecule has 0 heterocycles. The Labute approximate surface area is 146 Å². The molecule has 1 amide bonds. The van der Waals surface area contributed by atoms with E-state index in [2.05, 4.69) is 0 Å². The zero-order chi connectivity index (χ0) is 17.9. The Hall–Kier alpha value is -2.09. The summed E-state index contributed by atoms with van der Waals surface area (Å²) in [5, 5.41) is 0.423. The molecule has 0 aliphatic heterocycles. The van der Waals surface area contributed by atoms with Gasteiger partial charge in [-0.25, -0.2) is 14.3 Å². The first-order valence-corrected chi connectivity index (χ1v) is 8.93. The van der Waals surface area contributed by atoms with Gasteiger partial charge in [-0.3, -0.25) is 14.5 Å². The average Bonchev–Trinajstić information content (AvgIpc) is 2.53. The van der Waals surface area contributed by atoms with E-state index >= 15 is 0 Å². The SMILES string of the molecule is Cc1cccc(C)c1N(CC(=O)NN)S(=O)(=O)c1ccc(Cl)cc1. The second kappa shape index (κ2) is 7.21. The highest BCUT2D eigenvalue weighted by Crippen LogP contribution is 2.30. The van der Waals surface area contributed by atoms with E-state index in [-0.39, 0.29) is 4.90 Å². The number of carbonyl (C=O) groups is 1. The second-order valence-corrected chi connectivity index (χ2v) is 7.57. The molecule has 24 heavy (non-hydrogen) atoms. The molecular weight excluding hydrogens is 350 g/mol. The summed E-state index contributed by atoms with van der Waals surface area (Å²) < 4.78 is 27.2. The first-order valence-electron chi connectivity index (χ1n) is 7.11. The normalized spacial score (nSPS) is 11.2. The minimum Gasteiger partial charge on any atom is -0.293 e. The van der Waals surface area contributed by atoms with Crippen molar-refractivity contribution in [3.63, 3.8) is 0 Å². The summed E-state index contributed by atoms with van der Waals surface area (Å²) in [7, 11) is -3.96. The number of nitrogens with zero attached hydrogens (tertiary/aromatic N) is 1. The topological polar surface area (TPSA) is 92.5 Å². The molecule has 0 fully saturated rings. The van der Waals surface area contributed by atoms with Crippen LogP contribution in [0.3, 0.4) is 0 Å². The molecule has 0 unspecified atom stereocenters. The van der Waals surface area contributed by atoms with Crippen molar-refractivity contribution in [3.05, 3.63) is 58.6 Å². The van der Waals surface area contributed by atoms with Crippen molar-refractivity contribution in [2.75, 3.05) is 10.8 Å². The summed E-state index contributed by atoms with van der Waals surface area (Å²) in [6.07, 6.45) is 0. The number of amides is 1. The molecule has 0 saturated carbocycles. The number of carbonyl (C=O) groups excluding carboxylic acids is 1. The molecular formula is C16H18ClN3O3S. The summed E-state index contributed by atoms with van der Waals surface area (Å²) >= 11 is 5.83. The van der Waals surface area contributed by atoms with Crippen LogP contribution in [0.15, 0.2) is 47.4 Å². The fourth-order valence-electron chi connectivity index (χ4n) is 2.39. The van der Waals surface area contributed by atoms with Gasteiger partial charge in [0.25, 0.3) is 15.9 Å². The third-order valence-electron chi connectivity index (χ3n) is 3.54. The highest BCUT2D eigenvalue weighted by Gasteiger charge is 2.29. The number of para-hydroxylation sites is 1. The monoisotopic (exact) mass is 367 g/mol. The molecule has 0 atom stereocenters. The van der Waals surface area contributed by atoms with E-state index < -0.39 is 22.5 Å². The van der Waals surface area contributed by atoms with Crippen LogP contribution in [0, 0.1) is 13.8 Å². The number of aryl methyl sites for hydroxylation is 2. The highest BCUT2D eigenvalue weighted by molar-refractivity contribution is 7.92. The van der Waals surface area contributed by atoms with E-state index in [1.807, 2.05) is 11.5 Å². The van der Waals surface area contributed by atoms with Gasteiger partial charge in [0, 0.05) is 5.02 Å². The van der Waals surface area contributed by atoms with Crippen LogP contribution in [0.4, 0.5) is 5.69 Å². The van der Waals surface area contributed by atoms with Crippen molar-refractivity contribution < 1.29 is 13.2 Å². The van der Waals surface area contributed by atoms with Crippen molar-refractivity contribution in [1.29, 1.82) is 0 Å². The lowest BCUT2D eigenvalue weighted by atomic mass is 10.1. The van der Waals surface area contributed by atoms with Crippen molar-refractivity contribution in [2.24, 2.45) is 5.84 Å². The Kier molecular flexibility index (Phi) is 5.48. The quantitative estimate of drug-likeness (QED) is 0.481. The number of benzene rings is 2. The van der Waals surface area contributed by atoms with Gasteiger partial charge in [0.2, 0.25) is 0 Å². The molecule has 0 spiro atoms. The number of nitrogens with one attached hydrogen (secondary N) is 1. The van der Waals surface area contributed by atoms with Gasteiger partial charge in [0.1, 0.15) is 6.54 Å². The van der Waals surface area contributed by atoms with E-state index in [4.69, 9.17) is 17.4 Å². The third kappa shape index (κ3) is 3.69. The average molecular weight is 368 g/mol. The standard InChI is InChI=1S/C16H18ClN3O3S/c1-11-4-3-5-12(2)16(11)20(10-15(21)19-18)24(22,23)14-8-6-13(17)7-9-14/h3-9H,10,18H2,1-2H3,(H,19,21). The number of sulfonamides is 1. The Morgan fingerprint density at radius 2 is 1.67 bits per heavy atom. The molecule has 3 N–H and O–H groups in total. The largest absolute Gasteiger partial charge is 0.293 e. The predicted molar refractivity (Wildman–Crippen MR) is 94.2 cm³/mol. The zero-order valence-electron chi connectivity index (χ0n) is 13.3. The van der Waals surface area contributed by atoms with Crippen molar-refractivity contribution in [3.8, 4) is 0 Å². The number of halogens is 1. The fraction of sp³-hybridized carbons (Fsp3) is 0.188. The Morgan fingerprint density at radius 1 is 1.12 bits per heavy atom. The molecule has 128 valence electrons. The van der Waals surface area contributed by atoms with Gasteiger partial charge in [-0.05, 0) is 49.2 Å². The van der Waals surface area contributed by atoms with Gasteiger partial charge in [-0.15, -0.1) is 0 Å². The molecule has 0 bridgehead atoms. The second-order valence-electron chi connectivity index (χ2n) is 5.27. The zero-order valence-corrected chi connectivity index (χ0v) is 14.9. The lowest BCUT2D eigenvalue weighted by molar-refractivity contribution is -0.119. The van der Waals surface area contributed by atoms with Crippen LogP contribution in [0.2, 0.25) is 5.02 Å². The third-order valence-corrected chi connectivity index (χ3v) is 5.55. The number of nitrogens with two attached hydrogens (primary N) is 1. The summed E-state index contributed by atoms with van der Waals surface area (Å²) in [5.74, 6) is 4.52. The molecule has 0 radical (unpaired) electrons. The van der Waals surface area contributed by atoms with Crippen LogP contribution in [0.5, 0.6) is 0 Å². The first-order chi connectivity index (χ1) is 11.3. The van der Waals surface area contributed by atoms with Crippen molar-refractivity contribution >= 4 is 33.2 Å². The molecule has 0 aliphatic rings. The number of hydrazine groups is 1. The summed E-state index contributed by atoms with van der Waals surface area (Å²) in [5.41, 5.74) is 3.89. The van der Waals surface area contributed by atoms with E-state index in [0.717, 1.165) is 15.4 Å². The van der Waals surface area contributed by atoms with Crippen LogP contribution in [-0.4, -0.2) is 20.9 Å². The summed E-state index contributed by atoms with van der Waals surface area (Å²) in [6, 6.07) is 11.2. The van der Waals surface area contributed by atoms with E-state index in [0.29, 0.717) is 10.7 Å². The van der Waals surface area contributed by atoms with Crippen LogP contribution in [0.1, 0.15) is 11.1 Å². The maximum Gasteiger partial charge on any atom is 0.264 e. The maximum atomic E-state index is 13.1. The fourth-order valence-corrected chi connectivity index (χ4v) is 4.07. The van der Waals surface area contributed by atoms with Gasteiger partial charge >= 0.3 is 0 Å². The Balaban J connectivity index is 2.62. The number of hydrogen-bond acceptors (Lipinski definition) is 4. The summed E-state index contributed by atoms with van der Waals surface area (Å²) in [6.45, 7) is 3.15.